The standard InChI is InChI=1S/C22H26N6O/c29-22-9-8-20(17-5-3-10-23-13-17)25-28(22)16-19-6-4-12-26(19)14-18-15-27-11-2-1-7-21(27)24-18/h3,5,8-10,13,15,19H,1-2,4,6-7,11-12,14,16H2. The number of nitrogens with zero attached hydrogens (tertiary/aromatic N) is 6. The maximum absolute atomic E-state index is 12.4. The SMILES string of the molecule is O=c1ccc(-c2cccnc2)nn1CC1CCCN1Cc1cn2c(n1)CCCC2. The van der Waals surface area contributed by atoms with E-state index >= 15 is 0 Å². The molecule has 0 aliphatic carbocycles. The summed E-state index contributed by atoms with van der Waals surface area (Å²) in [4.78, 5) is 23.9. The molecule has 0 radical (unpaired) electrons. The number of aryl methyl sites for hydroxylation is 2. The first-order chi connectivity index (χ1) is 14.3. The molecule has 1 saturated heterocycles. The summed E-state index contributed by atoms with van der Waals surface area (Å²) in [6.45, 7) is 3.60. The van der Waals surface area contributed by atoms with E-state index in [2.05, 4.69) is 25.7 Å². The molecule has 3 aromatic heterocycles. The number of hydrogen-bond donors (Lipinski definition) is 0. The summed E-state index contributed by atoms with van der Waals surface area (Å²) in [5.74, 6) is 1.23. The van der Waals surface area contributed by atoms with Gasteiger partial charge in [-0.3, -0.25) is 14.7 Å². The van der Waals surface area contributed by atoms with Crippen LogP contribution in [-0.2, 0) is 26.1 Å². The summed E-state index contributed by atoms with van der Waals surface area (Å²) < 4.78 is 3.93. The quantitative estimate of drug-likeness (QED) is 0.670. The second kappa shape index (κ2) is 7.91. The van der Waals surface area contributed by atoms with Crippen LogP contribution in [0.1, 0.15) is 37.2 Å². The fourth-order valence-electron chi connectivity index (χ4n) is 4.51. The third-order valence-corrected chi connectivity index (χ3v) is 6.03. The molecule has 0 saturated carbocycles. The Morgan fingerprint density at radius 3 is 2.93 bits per heavy atom. The molecule has 5 rings (SSSR count). The molecule has 0 N–H and O–H groups in total. The first-order valence-corrected chi connectivity index (χ1v) is 10.5. The Hall–Kier alpha value is -2.80. The Morgan fingerprint density at radius 1 is 1.10 bits per heavy atom. The largest absolute Gasteiger partial charge is 0.335 e. The van der Waals surface area contributed by atoms with E-state index in [-0.39, 0.29) is 5.56 Å². The number of rotatable bonds is 5. The van der Waals surface area contributed by atoms with Crippen molar-refractivity contribution in [3.8, 4) is 11.3 Å². The van der Waals surface area contributed by atoms with Gasteiger partial charge in [-0.1, -0.05) is 0 Å². The van der Waals surface area contributed by atoms with Crippen molar-refractivity contribution in [2.45, 2.75) is 57.8 Å². The number of aromatic nitrogens is 5. The highest BCUT2D eigenvalue weighted by atomic mass is 16.1. The molecular weight excluding hydrogens is 364 g/mol. The normalized spacial score (nSPS) is 19.4. The van der Waals surface area contributed by atoms with E-state index in [9.17, 15) is 4.79 Å². The van der Waals surface area contributed by atoms with Gasteiger partial charge in [0.1, 0.15) is 5.82 Å². The van der Waals surface area contributed by atoms with E-state index in [4.69, 9.17) is 4.98 Å². The Morgan fingerprint density at radius 2 is 2.07 bits per heavy atom. The van der Waals surface area contributed by atoms with Crippen molar-refractivity contribution in [1.29, 1.82) is 0 Å². The lowest BCUT2D eigenvalue weighted by molar-refractivity contribution is 0.215. The van der Waals surface area contributed by atoms with Crippen molar-refractivity contribution in [2.75, 3.05) is 6.54 Å². The molecule has 1 unspecified atom stereocenters. The number of hydrogen-bond acceptors (Lipinski definition) is 5. The monoisotopic (exact) mass is 390 g/mol. The molecule has 2 aliphatic rings. The van der Waals surface area contributed by atoms with Crippen molar-refractivity contribution in [1.82, 2.24) is 29.2 Å². The highest BCUT2D eigenvalue weighted by molar-refractivity contribution is 5.56. The van der Waals surface area contributed by atoms with Crippen LogP contribution in [0.15, 0.2) is 47.7 Å². The van der Waals surface area contributed by atoms with Gasteiger partial charge in [0, 0.05) is 55.8 Å². The molecule has 1 fully saturated rings. The zero-order valence-corrected chi connectivity index (χ0v) is 16.6. The van der Waals surface area contributed by atoms with Gasteiger partial charge in [-0.05, 0) is 50.4 Å². The van der Waals surface area contributed by atoms with Crippen LogP contribution in [0.3, 0.4) is 0 Å². The van der Waals surface area contributed by atoms with Gasteiger partial charge >= 0.3 is 0 Å². The minimum Gasteiger partial charge on any atom is -0.335 e. The lowest BCUT2D eigenvalue weighted by Crippen LogP contribution is -2.36. The molecule has 3 aromatic rings. The molecule has 5 heterocycles. The predicted octanol–water partition coefficient (Wildman–Crippen LogP) is 2.50. The molecular formula is C22H26N6O. The smallest absolute Gasteiger partial charge is 0.266 e. The van der Waals surface area contributed by atoms with Gasteiger partial charge in [0.2, 0.25) is 0 Å². The minimum atomic E-state index is -0.0538. The van der Waals surface area contributed by atoms with Crippen LogP contribution in [0, 0.1) is 0 Å². The average molecular weight is 390 g/mol. The molecule has 0 amide bonds. The lowest BCUT2D eigenvalue weighted by Gasteiger charge is -2.24. The average Bonchev–Trinajstić information content (AvgIpc) is 3.36. The van der Waals surface area contributed by atoms with E-state index in [0.29, 0.717) is 12.6 Å². The van der Waals surface area contributed by atoms with Gasteiger partial charge in [-0.25, -0.2) is 9.67 Å². The van der Waals surface area contributed by atoms with Gasteiger partial charge in [0.25, 0.3) is 5.56 Å². The highest BCUT2D eigenvalue weighted by Gasteiger charge is 2.27. The van der Waals surface area contributed by atoms with E-state index < -0.39 is 0 Å². The Labute approximate surface area is 170 Å². The first-order valence-electron chi connectivity index (χ1n) is 10.5. The number of imidazole rings is 1. The fourth-order valence-corrected chi connectivity index (χ4v) is 4.51. The zero-order chi connectivity index (χ0) is 19.6. The summed E-state index contributed by atoms with van der Waals surface area (Å²) in [7, 11) is 0. The molecule has 0 spiro atoms. The van der Waals surface area contributed by atoms with Gasteiger partial charge in [-0.15, -0.1) is 0 Å². The van der Waals surface area contributed by atoms with Crippen LogP contribution in [-0.4, -0.2) is 41.8 Å². The fraction of sp³-hybridized carbons (Fsp3) is 0.455. The number of fused-ring (bicyclic) bond motifs is 1. The molecule has 1 atom stereocenters. The first kappa shape index (κ1) is 18.2. The molecule has 7 heteroatoms. The van der Waals surface area contributed by atoms with Gasteiger partial charge in [-0.2, -0.15) is 5.10 Å². The maximum Gasteiger partial charge on any atom is 0.266 e. The van der Waals surface area contributed by atoms with Crippen LogP contribution >= 0.6 is 0 Å². The van der Waals surface area contributed by atoms with E-state index in [1.807, 2.05) is 12.1 Å². The Bertz CT molecular complexity index is 1020. The molecule has 2 aliphatic heterocycles. The lowest BCUT2D eigenvalue weighted by atomic mass is 10.2. The predicted molar refractivity (Wildman–Crippen MR) is 110 cm³/mol. The van der Waals surface area contributed by atoms with Crippen LogP contribution in [0.25, 0.3) is 11.3 Å². The summed E-state index contributed by atoms with van der Waals surface area (Å²) in [6, 6.07) is 7.54. The molecule has 0 aromatic carbocycles. The molecule has 0 bridgehead atoms. The topological polar surface area (TPSA) is 68.8 Å². The summed E-state index contributed by atoms with van der Waals surface area (Å²) >= 11 is 0. The van der Waals surface area contributed by atoms with Crippen molar-refractivity contribution < 1.29 is 0 Å². The van der Waals surface area contributed by atoms with Crippen LogP contribution < -0.4 is 5.56 Å². The third kappa shape index (κ3) is 3.87. The summed E-state index contributed by atoms with van der Waals surface area (Å²) in [5, 5.41) is 4.62. The maximum atomic E-state index is 12.4. The Balaban J connectivity index is 1.33. The summed E-state index contributed by atoms with van der Waals surface area (Å²) in [6.07, 6.45) is 11.5. The molecule has 150 valence electrons. The van der Waals surface area contributed by atoms with E-state index in [1.165, 1.54) is 18.7 Å². The van der Waals surface area contributed by atoms with Gasteiger partial charge < -0.3 is 4.57 Å². The van der Waals surface area contributed by atoms with Gasteiger partial charge in [0.05, 0.1) is 17.9 Å². The number of likely N-dealkylation sites (tertiary alicyclic amines) is 1. The van der Waals surface area contributed by atoms with E-state index in [1.54, 1.807) is 29.2 Å². The molecule has 29 heavy (non-hydrogen) atoms. The highest BCUT2D eigenvalue weighted by Crippen LogP contribution is 2.23. The van der Waals surface area contributed by atoms with E-state index in [0.717, 1.165) is 55.8 Å². The van der Waals surface area contributed by atoms with Crippen molar-refractivity contribution in [2.24, 2.45) is 0 Å². The second-order valence-corrected chi connectivity index (χ2v) is 8.05. The minimum absolute atomic E-state index is 0.0538. The summed E-state index contributed by atoms with van der Waals surface area (Å²) in [5.41, 5.74) is 2.80. The number of pyridine rings is 1. The van der Waals surface area contributed by atoms with Crippen LogP contribution in [0.2, 0.25) is 0 Å². The third-order valence-electron chi connectivity index (χ3n) is 6.03. The second-order valence-electron chi connectivity index (χ2n) is 8.05. The van der Waals surface area contributed by atoms with Crippen molar-refractivity contribution in [3.05, 3.63) is 64.7 Å². The van der Waals surface area contributed by atoms with Crippen LogP contribution in [0.4, 0.5) is 0 Å². The van der Waals surface area contributed by atoms with Crippen molar-refractivity contribution in [3.63, 3.8) is 0 Å². The van der Waals surface area contributed by atoms with Crippen LogP contribution in [0.5, 0.6) is 0 Å². The molecule has 7 nitrogen and oxygen atoms in total. The zero-order valence-electron chi connectivity index (χ0n) is 16.6. The van der Waals surface area contributed by atoms with Crippen molar-refractivity contribution >= 4 is 0 Å². The Kier molecular flexibility index (Phi) is 4.97. The van der Waals surface area contributed by atoms with Gasteiger partial charge in [0.15, 0.2) is 0 Å².